The molecule has 0 N–H and O–H groups in total. The second-order valence-electron chi connectivity index (χ2n) is 8.70. The van der Waals surface area contributed by atoms with Gasteiger partial charge in [-0.15, -0.1) is 5.10 Å². The minimum atomic E-state index is 0.315. The maximum atomic E-state index is 5.59. The fourth-order valence-corrected chi connectivity index (χ4v) is 4.73. The summed E-state index contributed by atoms with van der Waals surface area (Å²) in [7, 11) is 0. The van der Waals surface area contributed by atoms with E-state index in [1.165, 1.54) is 37.7 Å². The predicted molar refractivity (Wildman–Crippen MR) is 104 cm³/mol. The van der Waals surface area contributed by atoms with Crippen LogP contribution in [0, 0.1) is 11.8 Å². The highest BCUT2D eigenvalue weighted by Gasteiger charge is 2.34. The van der Waals surface area contributed by atoms with Crippen LogP contribution in [0.5, 0.6) is 11.5 Å². The topological polar surface area (TPSA) is 65.3 Å². The zero-order chi connectivity index (χ0) is 19.1. The molecule has 0 bridgehead atoms. The average Bonchev–Trinajstić information content (AvgIpc) is 3.24. The van der Waals surface area contributed by atoms with Crippen molar-refractivity contribution in [1.82, 2.24) is 25.1 Å². The van der Waals surface area contributed by atoms with Gasteiger partial charge in [0.2, 0.25) is 6.79 Å². The van der Waals surface area contributed by atoms with E-state index in [1.54, 1.807) is 0 Å². The molecule has 150 valence electrons. The summed E-state index contributed by atoms with van der Waals surface area (Å²) < 4.78 is 13.1. The van der Waals surface area contributed by atoms with Crippen LogP contribution in [0.1, 0.15) is 63.4 Å². The summed E-state index contributed by atoms with van der Waals surface area (Å²) in [4.78, 5) is 2.59. The smallest absolute Gasteiger partial charge is 0.231 e. The van der Waals surface area contributed by atoms with Crippen LogP contribution in [0.2, 0.25) is 0 Å². The number of hydrogen-bond acceptors (Lipinski definition) is 6. The van der Waals surface area contributed by atoms with Crippen molar-refractivity contribution in [2.45, 2.75) is 71.1 Å². The van der Waals surface area contributed by atoms with E-state index in [-0.39, 0.29) is 0 Å². The molecule has 1 aliphatic heterocycles. The van der Waals surface area contributed by atoms with Crippen molar-refractivity contribution < 1.29 is 9.47 Å². The number of hydrogen-bond donors (Lipinski definition) is 0. The molecule has 0 radical (unpaired) electrons. The van der Waals surface area contributed by atoms with Gasteiger partial charge in [-0.05, 0) is 59.2 Å². The van der Waals surface area contributed by atoms with Gasteiger partial charge in [0.25, 0.3) is 0 Å². The van der Waals surface area contributed by atoms with Crippen molar-refractivity contribution in [2.24, 2.45) is 11.8 Å². The molecule has 2 fully saturated rings. The van der Waals surface area contributed by atoms with Crippen LogP contribution in [0.15, 0.2) is 18.2 Å². The van der Waals surface area contributed by atoms with Crippen LogP contribution in [0.3, 0.4) is 0 Å². The van der Waals surface area contributed by atoms with E-state index in [9.17, 15) is 0 Å². The van der Waals surface area contributed by atoms with Gasteiger partial charge in [-0.25, -0.2) is 4.68 Å². The van der Waals surface area contributed by atoms with Crippen molar-refractivity contribution in [3.63, 3.8) is 0 Å². The highest BCUT2D eigenvalue weighted by molar-refractivity contribution is 5.44. The molecule has 7 heteroatoms. The number of benzene rings is 1. The first kappa shape index (κ1) is 17.9. The molecule has 2 heterocycles. The number of nitrogens with zero attached hydrogens (tertiary/aromatic N) is 5. The Morgan fingerprint density at radius 1 is 1.07 bits per heavy atom. The maximum absolute atomic E-state index is 5.59. The SMILES string of the molecule is CC1CCCC(N(Cc2ccc3c(c2)OCO3)Cc2nnnn2C2CC2)C1C. The molecule has 5 rings (SSSR count). The second kappa shape index (κ2) is 7.35. The Morgan fingerprint density at radius 2 is 1.93 bits per heavy atom. The van der Waals surface area contributed by atoms with Gasteiger partial charge in [-0.1, -0.05) is 32.8 Å². The lowest BCUT2D eigenvalue weighted by atomic mass is 9.77. The molecule has 1 aromatic heterocycles. The van der Waals surface area contributed by atoms with Gasteiger partial charge in [0, 0.05) is 12.6 Å². The number of fused-ring (bicyclic) bond motifs is 1. The molecule has 28 heavy (non-hydrogen) atoms. The van der Waals surface area contributed by atoms with Crippen LogP contribution >= 0.6 is 0 Å². The number of ether oxygens (including phenoxy) is 2. The first-order valence-corrected chi connectivity index (χ1v) is 10.6. The van der Waals surface area contributed by atoms with Gasteiger partial charge < -0.3 is 9.47 Å². The van der Waals surface area contributed by atoms with Crippen molar-refractivity contribution >= 4 is 0 Å². The van der Waals surface area contributed by atoms with Crippen LogP contribution in [-0.2, 0) is 13.1 Å². The quantitative estimate of drug-likeness (QED) is 0.760. The molecular weight excluding hydrogens is 354 g/mol. The largest absolute Gasteiger partial charge is 0.454 e. The lowest BCUT2D eigenvalue weighted by Crippen LogP contribution is -2.43. The molecule has 3 aliphatic rings. The summed E-state index contributed by atoms with van der Waals surface area (Å²) in [5.41, 5.74) is 1.25. The van der Waals surface area contributed by atoms with E-state index in [0.29, 0.717) is 24.8 Å². The standard InChI is InChI=1S/C21H29N5O2/c1-14-4-3-5-18(15(14)2)25(12-21-22-23-24-26(21)17-7-8-17)11-16-6-9-19-20(10-16)28-13-27-19/h6,9-10,14-15,17-18H,3-5,7-8,11-13H2,1-2H3. The maximum Gasteiger partial charge on any atom is 0.231 e. The van der Waals surface area contributed by atoms with Gasteiger partial charge in [0.1, 0.15) is 0 Å². The van der Waals surface area contributed by atoms with Crippen molar-refractivity contribution in [1.29, 1.82) is 0 Å². The van der Waals surface area contributed by atoms with E-state index < -0.39 is 0 Å². The number of tetrazole rings is 1. The fourth-order valence-electron chi connectivity index (χ4n) is 4.73. The molecule has 3 unspecified atom stereocenters. The second-order valence-corrected chi connectivity index (χ2v) is 8.70. The van der Waals surface area contributed by atoms with Crippen LogP contribution in [-0.4, -0.2) is 37.9 Å². The Hall–Kier alpha value is -2.15. The number of aromatic nitrogens is 4. The molecule has 3 atom stereocenters. The third-order valence-corrected chi connectivity index (χ3v) is 6.75. The zero-order valence-corrected chi connectivity index (χ0v) is 16.8. The van der Waals surface area contributed by atoms with E-state index >= 15 is 0 Å². The normalized spacial score (nSPS) is 26.8. The van der Waals surface area contributed by atoms with Crippen molar-refractivity contribution in [3.8, 4) is 11.5 Å². The summed E-state index contributed by atoms with van der Waals surface area (Å²) in [6.45, 7) is 6.78. The van der Waals surface area contributed by atoms with Crippen LogP contribution in [0.4, 0.5) is 0 Å². The Kier molecular flexibility index (Phi) is 4.70. The van der Waals surface area contributed by atoms with Gasteiger partial charge in [-0.3, -0.25) is 4.90 Å². The van der Waals surface area contributed by atoms with Gasteiger partial charge in [0.05, 0.1) is 12.6 Å². The van der Waals surface area contributed by atoms with Crippen LogP contribution < -0.4 is 9.47 Å². The lowest BCUT2D eigenvalue weighted by Gasteiger charge is -2.41. The summed E-state index contributed by atoms with van der Waals surface area (Å²) in [6.07, 6.45) is 6.24. The summed E-state index contributed by atoms with van der Waals surface area (Å²) >= 11 is 0. The first-order chi connectivity index (χ1) is 13.7. The molecule has 0 spiro atoms. The highest BCUT2D eigenvalue weighted by Crippen LogP contribution is 2.38. The minimum Gasteiger partial charge on any atom is -0.454 e. The number of rotatable bonds is 6. The average molecular weight is 383 g/mol. The monoisotopic (exact) mass is 383 g/mol. The zero-order valence-electron chi connectivity index (χ0n) is 16.8. The van der Waals surface area contributed by atoms with Gasteiger partial charge in [-0.2, -0.15) is 0 Å². The van der Waals surface area contributed by atoms with Gasteiger partial charge >= 0.3 is 0 Å². The molecule has 2 aromatic rings. The molecule has 2 aliphatic carbocycles. The Morgan fingerprint density at radius 3 is 2.79 bits per heavy atom. The molecular formula is C21H29N5O2. The van der Waals surface area contributed by atoms with Crippen molar-refractivity contribution in [3.05, 3.63) is 29.6 Å². The first-order valence-electron chi connectivity index (χ1n) is 10.6. The fraction of sp³-hybridized carbons (Fsp3) is 0.667. The van der Waals surface area contributed by atoms with E-state index in [4.69, 9.17) is 9.47 Å². The summed E-state index contributed by atoms with van der Waals surface area (Å²) in [5, 5.41) is 12.6. The Labute approximate surface area is 166 Å². The van der Waals surface area contributed by atoms with Crippen LogP contribution in [0.25, 0.3) is 0 Å². The molecule has 7 nitrogen and oxygen atoms in total. The third-order valence-electron chi connectivity index (χ3n) is 6.75. The molecule has 1 aromatic carbocycles. The minimum absolute atomic E-state index is 0.315. The third kappa shape index (κ3) is 3.48. The highest BCUT2D eigenvalue weighted by atomic mass is 16.7. The van der Waals surface area contributed by atoms with Gasteiger partial charge in [0.15, 0.2) is 17.3 Å². The molecule has 0 amide bonds. The van der Waals surface area contributed by atoms with E-state index in [1.807, 2.05) is 10.7 Å². The summed E-state index contributed by atoms with van der Waals surface area (Å²) in [5.74, 6) is 4.09. The molecule has 0 saturated heterocycles. The Balaban J connectivity index is 1.41. The van der Waals surface area contributed by atoms with E-state index in [2.05, 4.69) is 46.4 Å². The Bertz CT molecular complexity index is 834. The van der Waals surface area contributed by atoms with Crippen molar-refractivity contribution in [2.75, 3.05) is 6.79 Å². The summed E-state index contributed by atoms with van der Waals surface area (Å²) in [6, 6.07) is 7.34. The lowest BCUT2D eigenvalue weighted by molar-refractivity contribution is 0.0652. The predicted octanol–water partition coefficient (Wildman–Crippen LogP) is 3.56. The van der Waals surface area contributed by atoms with E-state index in [0.717, 1.165) is 36.3 Å². The molecule has 2 saturated carbocycles.